The molecule has 1 spiro atoms. The molecule has 0 heteroatoms. The summed E-state index contributed by atoms with van der Waals surface area (Å²) in [6, 6.07) is 0. The van der Waals surface area contributed by atoms with E-state index in [0.29, 0.717) is 0 Å². The highest BCUT2D eigenvalue weighted by molar-refractivity contribution is 4.93. The minimum Gasteiger partial charge on any atom is -0.0683 e. The number of hydrogen-bond donors (Lipinski definition) is 0. The van der Waals surface area contributed by atoms with Crippen molar-refractivity contribution < 1.29 is 0 Å². The van der Waals surface area contributed by atoms with Gasteiger partial charge in [-0.1, -0.05) is 54.4 Å². The molecule has 0 N–H and O–H groups in total. The van der Waals surface area contributed by atoms with Crippen molar-refractivity contribution in [3.05, 3.63) is 0 Å². The van der Waals surface area contributed by atoms with Crippen LogP contribution in [0.25, 0.3) is 0 Å². The molecule has 0 aromatic carbocycles. The van der Waals surface area contributed by atoms with E-state index < -0.39 is 0 Å². The van der Waals surface area contributed by atoms with E-state index in [1.165, 1.54) is 25.7 Å². The van der Waals surface area contributed by atoms with Crippen LogP contribution < -0.4 is 0 Å². The highest BCUT2D eigenvalue weighted by Gasteiger charge is 2.42. The summed E-state index contributed by atoms with van der Waals surface area (Å²) < 4.78 is 0. The lowest BCUT2D eigenvalue weighted by Gasteiger charge is -2.22. The van der Waals surface area contributed by atoms with Crippen molar-refractivity contribution in [1.82, 2.24) is 0 Å². The molecule has 92 valence electrons. The summed E-state index contributed by atoms with van der Waals surface area (Å²) in [5.41, 5.74) is 0.832. The van der Waals surface area contributed by atoms with Gasteiger partial charge in [-0.25, -0.2) is 0 Å². The fraction of sp³-hybridized carbons (Fsp3) is 1.00. The van der Waals surface area contributed by atoms with Crippen molar-refractivity contribution in [1.29, 1.82) is 0 Å². The van der Waals surface area contributed by atoms with E-state index in [4.69, 9.17) is 0 Å². The summed E-state index contributed by atoms with van der Waals surface area (Å²) in [5, 5.41) is 0. The van der Waals surface area contributed by atoms with Gasteiger partial charge < -0.3 is 0 Å². The van der Waals surface area contributed by atoms with Gasteiger partial charge in [-0.3, -0.25) is 0 Å². The molecule has 2 fully saturated rings. The second-order valence-corrected chi connectivity index (χ2v) is 5.07. The zero-order valence-corrected chi connectivity index (χ0v) is 11.9. The Morgan fingerprint density at radius 3 is 1.40 bits per heavy atom. The monoisotopic (exact) mass is 212 g/mol. The van der Waals surface area contributed by atoms with Gasteiger partial charge in [0.05, 0.1) is 0 Å². The van der Waals surface area contributed by atoms with E-state index in [2.05, 4.69) is 13.8 Å². The van der Waals surface area contributed by atoms with E-state index >= 15 is 0 Å². The molecule has 2 saturated carbocycles. The Morgan fingerprint density at radius 2 is 1.07 bits per heavy atom. The smallest absolute Gasteiger partial charge is 0.0292 e. The molecule has 0 heterocycles. The molecule has 2 aliphatic rings. The fourth-order valence-electron chi connectivity index (χ4n) is 3.38. The molecule has 0 nitrogen and oxygen atoms in total. The fourth-order valence-corrected chi connectivity index (χ4v) is 3.38. The standard InChI is InChI=1S/C11H20.2C2H6/c1-9-7-11(8-10(9)2)5-3-4-6-11;2*1-2/h9-10H,3-8H2,1-2H3;2*1-2H3. The molecule has 0 amide bonds. The van der Waals surface area contributed by atoms with Gasteiger partial charge >= 0.3 is 0 Å². The summed E-state index contributed by atoms with van der Waals surface area (Å²) in [6.45, 7) is 12.9. The summed E-state index contributed by atoms with van der Waals surface area (Å²) >= 11 is 0. The zero-order valence-electron chi connectivity index (χ0n) is 11.9. The lowest BCUT2D eigenvalue weighted by Crippen LogP contribution is -2.10. The second kappa shape index (κ2) is 7.30. The zero-order chi connectivity index (χ0) is 11.9. The van der Waals surface area contributed by atoms with E-state index in [0.717, 1.165) is 17.3 Å². The lowest BCUT2D eigenvalue weighted by molar-refractivity contribution is 0.294. The molecule has 0 radical (unpaired) electrons. The quantitative estimate of drug-likeness (QED) is 0.485. The third-order valence-corrected chi connectivity index (χ3v) is 4.15. The average Bonchev–Trinajstić information content (AvgIpc) is 2.82. The van der Waals surface area contributed by atoms with Gasteiger partial charge in [0.2, 0.25) is 0 Å². The first-order valence-corrected chi connectivity index (χ1v) is 7.22. The Kier molecular flexibility index (Phi) is 7.30. The molecule has 2 aliphatic carbocycles. The van der Waals surface area contributed by atoms with Crippen LogP contribution in [0.1, 0.15) is 80.1 Å². The molecule has 2 atom stereocenters. The number of hydrogen-bond acceptors (Lipinski definition) is 0. The van der Waals surface area contributed by atoms with E-state index in [1.807, 2.05) is 27.7 Å². The maximum Gasteiger partial charge on any atom is -0.0292 e. The number of rotatable bonds is 0. The molecule has 0 bridgehead atoms. The van der Waals surface area contributed by atoms with Gasteiger partial charge in [0, 0.05) is 0 Å². The Morgan fingerprint density at radius 1 is 0.733 bits per heavy atom. The molecule has 2 rings (SSSR count). The topological polar surface area (TPSA) is 0 Å². The van der Waals surface area contributed by atoms with Crippen molar-refractivity contribution >= 4 is 0 Å². The van der Waals surface area contributed by atoms with Crippen molar-refractivity contribution in [3.63, 3.8) is 0 Å². The van der Waals surface area contributed by atoms with Gasteiger partial charge in [0.15, 0.2) is 0 Å². The van der Waals surface area contributed by atoms with Crippen molar-refractivity contribution in [2.24, 2.45) is 17.3 Å². The largest absolute Gasteiger partial charge is 0.0683 e. The average molecular weight is 212 g/mol. The van der Waals surface area contributed by atoms with Crippen LogP contribution in [-0.2, 0) is 0 Å². The van der Waals surface area contributed by atoms with Gasteiger partial charge in [-0.05, 0) is 42.9 Å². The molecule has 15 heavy (non-hydrogen) atoms. The first-order valence-electron chi connectivity index (χ1n) is 7.22. The van der Waals surface area contributed by atoms with Crippen LogP contribution in [0.2, 0.25) is 0 Å². The van der Waals surface area contributed by atoms with Crippen LogP contribution in [0, 0.1) is 17.3 Å². The normalized spacial score (nSPS) is 31.6. The molecule has 0 aromatic rings. The summed E-state index contributed by atoms with van der Waals surface area (Å²) in [4.78, 5) is 0. The van der Waals surface area contributed by atoms with Gasteiger partial charge in [-0.2, -0.15) is 0 Å². The highest BCUT2D eigenvalue weighted by Crippen LogP contribution is 2.54. The van der Waals surface area contributed by atoms with Crippen LogP contribution in [-0.4, -0.2) is 0 Å². The van der Waals surface area contributed by atoms with Crippen molar-refractivity contribution in [3.8, 4) is 0 Å². The Balaban J connectivity index is 0.000000442. The van der Waals surface area contributed by atoms with Crippen LogP contribution >= 0.6 is 0 Å². The van der Waals surface area contributed by atoms with E-state index in [1.54, 1.807) is 12.8 Å². The molecule has 0 aromatic heterocycles. The Labute approximate surface area is 97.8 Å². The second-order valence-electron chi connectivity index (χ2n) is 5.07. The Hall–Kier alpha value is 0. The maximum absolute atomic E-state index is 2.44. The highest BCUT2D eigenvalue weighted by atomic mass is 14.5. The maximum atomic E-state index is 2.44. The van der Waals surface area contributed by atoms with Gasteiger partial charge in [0.1, 0.15) is 0 Å². The van der Waals surface area contributed by atoms with E-state index in [-0.39, 0.29) is 0 Å². The molecule has 2 unspecified atom stereocenters. The SMILES string of the molecule is CC.CC.CC1CC2(CCCC2)CC1C. The van der Waals surface area contributed by atoms with E-state index in [9.17, 15) is 0 Å². The molecule has 0 saturated heterocycles. The third-order valence-electron chi connectivity index (χ3n) is 4.15. The predicted molar refractivity (Wildman–Crippen MR) is 71.2 cm³/mol. The van der Waals surface area contributed by atoms with Crippen LogP contribution in [0.5, 0.6) is 0 Å². The molecule has 0 aliphatic heterocycles. The van der Waals surface area contributed by atoms with Gasteiger partial charge in [0.25, 0.3) is 0 Å². The molecular formula is C15H32. The molecular weight excluding hydrogens is 180 g/mol. The summed E-state index contributed by atoms with van der Waals surface area (Å²) in [5.74, 6) is 2.01. The van der Waals surface area contributed by atoms with Crippen LogP contribution in [0.3, 0.4) is 0 Å². The van der Waals surface area contributed by atoms with Crippen molar-refractivity contribution in [2.75, 3.05) is 0 Å². The van der Waals surface area contributed by atoms with Crippen LogP contribution in [0.4, 0.5) is 0 Å². The van der Waals surface area contributed by atoms with Gasteiger partial charge in [-0.15, -0.1) is 0 Å². The minimum atomic E-state index is 0.832. The summed E-state index contributed by atoms with van der Waals surface area (Å²) in [6.07, 6.45) is 9.19. The van der Waals surface area contributed by atoms with Crippen molar-refractivity contribution in [2.45, 2.75) is 80.1 Å². The first-order chi connectivity index (χ1) is 7.22. The first kappa shape index (κ1) is 15.0. The predicted octanol–water partition coefficient (Wildman–Crippen LogP) is 5.67. The lowest BCUT2D eigenvalue weighted by atomic mass is 9.83. The summed E-state index contributed by atoms with van der Waals surface area (Å²) in [7, 11) is 0. The van der Waals surface area contributed by atoms with Crippen LogP contribution in [0.15, 0.2) is 0 Å². The third kappa shape index (κ3) is 3.81. The minimum absolute atomic E-state index is 0.832. The Bertz CT molecular complexity index is 130.